The lowest BCUT2D eigenvalue weighted by atomic mass is 9.98. The Labute approximate surface area is 94.6 Å². The maximum Gasteiger partial charge on any atom is 0.312 e. The molecule has 3 heteroatoms. The number of carbonyl (C=O) groups is 1. The van der Waals surface area contributed by atoms with Gasteiger partial charge >= 0.3 is 5.97 Å². The molecule has 0 aliphatic rings. The Hall–Kier alpha value is -1.77. The van der Waals surface area contributed by atoms with Gasteiger partial charge in [0, 0.05) is 24.1 Å². The van der Waals surface area contributed by atoms with E-state index in [2.05, 4.69) is 0 Å². The van der Waals surface area contributed by atoms with E-state index >= 15 is 0 Å². The molecule has 0 radical (unpaired) electrons. The van der Waals surface area contributed by atoms with Gasteiger partial charge in [0.2, 0.25) is 0 Å². The maximum absolute atomic E-state index is 11.5. The Balaban J connectivity index is 2.56. The van der Waals surface area contributed by atoms with Crippen molar-refractivity contribution in [3.05, 3.63) is 36.0 Å². The molecule has 0 bridgehead atoms. The van der Waals surface area contributed by atoms with E-state index in [-0.39, 0.29) is 11.9 Å². The van der Waals surface area contributed by atoms with Crippen LogP contribution in [0.4, 0.5) is 0 Å². The molecule has 0 amide bonds. The van der Waals surface area contributed by atoms with E-state index in [0.29, 0.717) is 0 Å². The third kappa shape index (κ3) is 1.58. The molecule has 84 valence electrons. The Kier molecular flexibility index (Phi) is 2.69. The number of ether oxygens (including phenoxy) is 1. The average molecular weight is 217 g/mol. The first-order chi connectivity index (χ1) is 7.65. The van der Waals surface area contributed by atoms with E-state index in [1.165, 1.54) is 7.11 Å². The van der Waals surface area contributed by atoms with Crippen LogP contribution in [0.5, 0.6) is 0 Å². The van der Waals surface area contributed by atoms with Gasteiger partial charge in [-0.25, -0.2) is 0 Å². The van der Waals surface area contributed by atoms with Crippen LogP contribution < -0.4 is 0 Å². The van der Waals surface area contributed by atoms with Gasteiger partial charge in [-0.1, -0.05) is 12.1 Å². The number of hydrogen-bond acceptors (Lipinski definition) is 2. The first kappa shape index (κ1) is 10.7. The fraction of sp³-hybridized carbons (Fsp3) is 0.308. The van der Waals surface area contributed by atoms with Gasteiger partial charge in [0.1, 0.15) is 0 Å². The normalized spacial score (nSPS) is 12.7. The van der Waals surface area contributed by atoms with E-state index in [1.807, 2.05) is 49.0 Å². The third-order valence-corrected chi connectivity index (χ3v) is 2.98. The summed E-state index contributed by atoms with van der Waals surface area (Å²) >= 11 is 0. The summed E-state index contributed by atoms with van der Waals surface area (Å²) in [5, 5.41) is 1.11. The van der Waals surface area contributed by atoms with Gasteiger partial charge in [-0.2, -0.15) is 0 Å². The SMILES string of the molecule is COC(=O)C(C)c1cccc2c1ccn2C. The summed E-state index contributed by atoms with van der Waals surface area (Å²) in [5.41, 5.74) is 2.15. The number of hydrogen-bond donors (Lipinski definition) is 0. The number of carbonyl (C=O) groups excluding carboxylic acids is 1. The number of aromatic nitrogens is 1. The zero-order valence-electron chi connectivity index (χ0n) is 9.73. The average Bonchev–Trinajstić information content (AvgIpc) is 2.69. The molecule has 0 saturated carbocycles. The quantitative estimate of drug-likeness (QED) is 0.723. The first-order valence-corrected chi connectivity index (χ1v) is 5.27. The molecule has 0 aliphatic heterocycles. The zero-order valence-corrected chi connectivity index (χ0v) is 9.73. The Bertz CT molecular complexity index is 528. The van der Waals surface area contributed by atoms with Gasteiger partial charge in [0.25, 0.3) is 0 Å². The number of aryl methyl sites for hydroxylation is 1. The molecule has 1 atom stereocenters. The maximum atomic E-state index is 11.5. The second-order valence-corrected chi connectivity index (χ2v) is 3.95. The Morgan fingerprint density at radius 3 is 2.81 bits per heavy atom. The molecule has 1 aromatic carbocycles. The van der Waals surface area contributed by atoms with Crippen molar-refractivity contribution in [2.24, 2.45) is 7.05 Å². The molecule has 0 N–H and O–H groups in total. The minimum atomic E-state index is -0.226. The molecular formula is C13H15NO2. The standard InChI is InChI=1S/C13H15NO2/c1-9(13(15)16-3)10-5-4-6-12-11(10)7-8-14(12)2/h4-9H,1-3H3. The van der Waals surface area contributed by atoms with E-state index in [0.717, 1.165) is 16.5 Å². The summed E-state index contributed by atoms with van der Waals surface area (Å²) in [6, 6.07) is 8.02. The van der Waals surface area contributed by atoms with Crippen LogP contribution in [-0.2, 0) is 16.6 Å². The minimum absolute atomic E-state index is 0.198. The van der Waals surface area contributed by atoms with Gasteiger partial charge in [0.05, 0.1) is 13.0 Å². The molecule has 0 saturated heterocycles. The van der Waals surface area contributed by atoms with Crippen LogP contribution in [0.3, 0.4) is 0 Å². The van der Waals surface area contributed by atoms with Crippen molar-refractivity contribution in [2.45, 2.75) is 12.8 Å². The molecule has 1 aromatic heterocycles. The highest BCUT2D eigenvalue weighted by atomic mass is 16.5. The second-order valence-electron chi connectivity index (χ2n) is 3.95. The van der Waals surface area contributed by atoms with E-state index < -0.39 is 0 Å². The van der Waals surface area contributed by atoms with Gasteiger partial charge in [-0.3, -0.25) is 4.79 Å². The summed E-state index contributed by atoms with van der Waals surface area (Å²) in [6.07, 6.45) is 2.00. The van der Waals surface area contributed by atoms with Crippen LogP contribution in [-0.4, -0.2) is 17.6 Å². The van der Waals surface area contributed by atoms with E-state index in [4.69, 9.17) is 4.74 Å². The van der Waals surface area contributed by atoms with Crippen LogP contribution in [0.25, 0.3) is 10.9 Å². The van der Waals surface area contributed by atoms with Crippen LogP contribution in [0.1, 0.15) is 18.4 Å². The van der Waals surface area contributed by atoms with Crippen LogP contribution >= 0.6 is 0 Å². The van der Waals surface area contributed by atoms with Crippen molar-refractivity contribution in [3.63, 3.8) is 0 Å². The number of nitrogens with zero attached hydrogens (tertiary/aromatic N) is 1. The van der Waals surface area contributed by atoms with Gasteiger partial charge in [-0.15, -0.1) is 0 Å². The Morgan fingerprint density at radius 1 is 1.38 bits per heavy atom. The zero-order chi connectivity index (χ0) is 11.7. The molecule has 3 nitrogen and oxygen atoms in total. The van der Waals surface area contributed by atoms with Crippen molar-refractivity contribution in [2.75, 3.05) is 7.11 Å². The topological polar surface area (TPSA) is 31.2 Å². The molecule has 16 heavy (non-hydrogen) atoms. The number of methoxy groups -OCH3 is 1. The van der Waals surface area contributed by atoms with Crippen LogP contribution in [0.15, 0.2) is 30.5 Å². The molecule has 1 unspecified atom stereocenters. The van der Waals surface area contributed by atoms with E-state index in [9.17, 15) is 4.79 Å². The summed E-state index contributed by atoms with van der Waals surface area (Å²) in [4.78, 5) is 11.5. The van der Waals surface area contributed by atoms with Crippen LogP contribution in [0.2, 0.25) is 0 Å². The predicted octanol–water partition coefficient (Wildman–Crippen LogP) is 2.45. The predicted molar refractivity (Wildman–Crippen MR) is 63.4 cm³/mol. The lowest BCUT2D eigenvalue weighted by molar-refractivity contribution is -0.141. The fourth-order valence-electron chi connectivity index (χ4n) is 2.01. The van der Waals surface area contributed by atoms with Gasteiger partial charge < -0.3 is 9.30 Å². The number of esters is 1. The third-order valence-electron chi connectivity index (χ3n) is 2.98. The lowest BCUT2D eigenvalue weighted by Crippen LogP contribution is -2.10. The molecule has 0 fully saturated rings. The summed E-state index contributed by atoms with van der Waals surface area (Å²) in [7, 11) is 3.42. The summed E-state index contributed by atoms with van der Waals surface area (Å²) in [5.74, 6) is -0.424. The van der Waals surface area contributed by atoms with Gasteiger partial charge in [0.15, 0.2) is 0 Å². The number of rotatable bonds is 2. The summed E-state index contributed by atoms with van der Waals surface area (Å²) < 4.78 is 6.82. The lowest BCUT2D eigenvalue weighted by Gasteiger charge is -2.10. The highest BCUT2D eigenvalue weighted by Gasteiger charge is 2.18. The molecular weight excluding hydrogens is 202 g/mol. The summed E-state index contributed by atoms with van der Waals surface area (Å²) in [6.45, 7) is 1.87. The van der Waals surface area contributed by atoms with Crippen molar-refractivity contribution in [1.82, 2.24) is 4.57 Å². The monoisotopic (exact) mass is 217 g/mol. The molecule has 1 heterocycles. The smallest absolute Gasteiger partial charge is 0.312 e. The minimum Gasteiger partial charge on any atom is -0.469 e. The van der Waals surface area contributed by atoms with Crippen molar-refractivity contribution in [3.8, 4) is 0 Å². The highest BCUT2D eigenvalue weighted by Crippen LogP contribution is 2.26. The first-order valence-electron chi connectivity index (χ1n) is 5.27. The molecule has 2 rings (SSSR count). The van der Waals surface area contributed by atoms with Crippen LogP contribution in [0, 0.1) is 0 Å². The van der Waals surface area contributed by atoms with Gasteiger partial charge in [-0.05, 0) is 24.6 Å². The largest absolute Gasteiger partial charge is 0.469 e. The fourth-order valence-corrected chi connectivity index (χ4v) is 2.01. The number of benzene rings is 1. The van der Waals surface area contributed by atoms with Crippen molar-refractivity contribution >= 4 is 16.9 Å². The van der Waals surface area contributed by atoms with Crippen molar-refractivity contribution in [1.29, 1.82) is 0 Å². The molecule has 0 spiro atoms. The molecule has 0 aliphatic carbocycles. The highest BCUT2D eigenvalue weighted by molar-refractivity contribution is 5.89. The number of fused-ring (bicyclic) bond motifs is 1. The Morgan fingerprint density at radius 2 is 2.12 bits per heavy atom. The molecule has 2 aromatic rings. The van der Waals surface area contributed by atoms with E-state index in [1.54, 1.807) is 0 Å². The van der Waals surface area contributed by atoms with Crippen molar-refractivity contribution < 1.29 is 9.53 Å². The second kappa shape index (κ2) is 4.00.